The Hall–Kier alpha value is -2.27. The average Bonchev–Trinajstić information content (AvgIpc) is 3.19. The summed E-state index contributed by atoms with van der Waals surface area (Å²) < 4.78 is 21.6. The van der Waals surface area contributed by atoms with Gasteiger partial charge in [0.2, 0.25) is 5.88 Å². The lowest BCUT2D eigenvalue weighted by Gasteiger charge is -2.12. The number of ether oxygens (including phenoxy) is 4. The van der Waals surface area contributed by atoms with Gasteiger partial charge in [-0.2, -0.15) is 0 Å². The molecule has 1 fully saturated rings. The lowest BCUT2D eigenvalue weighted by atomic mass is 10.2. The van der Waals surface area contributed by atoms with Crippen LogP contribution in [0.15, 0.2) is 41.5 Å². The van der Waals surface area contributed by atoms with Crippen molar-refractivity contribution in [2.24, 2.45) is 10.7 Å². The van der Waals surface area contributed by atoms with E-state index in [1.807, 2.05) is 18.2 Å². The van der Waals surface area contributed by atoms with Gasteiger partial charge < -0.3 is 30.0 Å². The minimum Gasteiger partial charge on any atom is -0.493 e. The largest absolute Gasteiger partial charge is 0.493 e. The van der Waals surface area contributed by atoms with Gasteiger partial charge in [0.05, 0.1) is 34.0 Å². The molecule has 1 saturated heterocycles. The van der Waals surface area contributed by atoms with Gasteiger partial charge in [0.25, 0.3) is 0 Å². The van der Waals surface area contributed by atoms with E-state index >= 15 is 0 Å². The van der Waals surface area contributed by atoms with Gasteiger partial charge in [-0.3, -0.25) is 0 Å². The number of hydrogen-bond acceptors (Lipinski definition) is 6. The lowest BCUT2D eigenvalue weighted by Crippen LogP contribution is -2.22. The molecule has 1 atom stereocenters. The molecule has 0 radical (unpaired) electrons. The van der Waals surface area contributed by atoms with E-state index in [2.05, 4.69) is 15.3 Å². The Morgan fingerprint density at radius 2 is 2.07 bits per heavy atom. The van der Waals surface area contributed by atoms with Crippen LogP contribution in [0.3, 0.4) is 0 Å². The number of nitrogens with one attached hydrogen (secondary N) is 1. The SMILES string of the molecule is COc1ccc(NC(N)=NCc2ccnc(OC3CCOC3)c2)cc1OC.I. The maximum absolute atomic E-state index is 5.99. The zero-order valence-electron chi connectivity index (χ0n) is 15.9. The molecule has 2 heterocycles. The van der Waals surface area contributed by atoms with E-state index in [0.717, 1.165) is 24.3 Å². The van der Waals surface area contributed by atoms with Crippen LogP contribution in [0.5, 0.6) is 17.4 Å². The number of anilines is 1. The van der Waals surface area contributed by atoms with Crippen LogP contribution in [0.2, 0.25) is 0 Å². The fraction of sp³-hybridized carbons (Fsp3) is 0.368. The summed E-state index contributed by atoms with van der Waals surface area (Å²) in [7, 11) is 3.17. The topological polar surface area (TPSA) is 100 Å². The molecule has 1 unspecified atom stereocenters. The molecular formula is C19H25IN4O4. The van der Waals surface area contributed by atoms with Crippen molar-refractivity contribution >= 4 is 35.6 Å². The Labute approximate surface area is 181 Å². The minimum absolute atomic E-state index is 0. The van der Waals surface area contributed by atoms with Gasteiger partial charge in [0.15, 0.2) is 17.5 Å². The van der Waals surface area contributed by atoms with Gasteiger partial charge in [0.1, 0.15) is 6.10 Å². The maximum Gasteiger partial charge on any atom is 0.213 e. The summed E-state index contributed by atoms with van der Waals surface area (Å²) in [6, 6.07) is 9.18. The monoisotopic (exact) mass is 500 g/mol. The lowest BCUT2D eigenvalue weighted by molar-refractivity contribution is 0.138. The van der Waals surface area contributed by atoms with Crippen molar-refractivity contribution in [1.29, 1.82) is 0 Å². The number of aliphatic imine (C=N–C) groups is 1. The summed E-state index contributed by atoms with van der Waals surface area (Å²) in [5.41, 5.74) is 7.70. The molecule has 1 aromatic heterocycles. The third kappa shape index (κ3) is 6.13. The summed E-state index contributed by atoms with van der Waals surface area (Å²) in [6.07, 6.45) is 2.65. The van der Waals surface area contributed by atoms with E-state index < -0.39 is 0 Å². The third-order valence-electron chi connectivity index (χ3n) is 4.06. The summed E-state index contributed by atoms with van der Waals surface area (Å²) >= 11 is 0. The highest BCUT2D eigenvalue weighted by Crippen LogP contribution is 2.29. The smallest absolute Gasteiger partial charge is 0.213 e. The standard InChI is InChI=1S/C19H24N4O4.HI/c1-24-16-4-3-14(10-17(16)25-2)23-19(20)22-11-13-5-7-21-18(9-13)27-15-6-8-26-12-15;/h3-5,7,9-10,15H,6,8,11-12H2,1-2H3,(H3,20,22,23);1H. The Kier molecular flexibility index (Phi) is 8.58. The molecule has 28 heavy (non-hydrogen) atoms. The van der Waals surface area contributed by atoms with E-state index in [4.69, 9.17) is 24.7 Å². The van der Waals surface area contributed by atoms with Crippen LogP contribution in [-0.4, -0.2) is 44.5 Å². The van der Waals surface area contributed by atoms with Crippen LogP contribution in [0, 0.1) is 0 Å². The Balaban J connectivity index is 0.00000280. The molecule has 3 rings (SSSR count). The Morgan fingerprint density at radius 1 is 1.25 bits per heavy atom. The zero-order chi connectivity index (χ0) is 19.1. The first-order valence-corrected chi connectivity index (χ1v) is 8.66. The highest BCUT2D eigenvalue weighted by Gasteiger charge is 2.17. The molecule has 1 aliphatic heterocycles. The van der Waals surface area contributed by atoms with Crippen molar-refractivity contribution in [3.63, 3.8) is 0 Å². The van der Waals surface area contributed by atoms with Crippen LogP contribution in [0.4, 0.5) is 5.69 Å². The Morgan fingerprint density at radius 3 is 2.79 bits per heavy atom. The van der Waals surface area contributed by atoms with E-state index in [0.29, 0.717) is 36.5 Å². The molecule has 3 N–H and O–H groups in total. The van der Waals surface area contributed by atoms with Crippen molar-refractivity contribution in [2.45, 2.75) is 19.1 Å². The molecule has 152 valence electrons. The molecule has 0 aliphatic carbocycles. The van der Waals surface area contributed by atoms with Crippen molar-refractivity contribution in [1.82, 2.24) is 4.98 Å². The van der Waals surface area contributed by atoms with E-state index in [1.54, 1.807) is 32.5 Å². The third-order valence-corrected chi connectivity index (χ3v) is 4.06. The van der Waals surface area contributed by atoms with E-state index in [1.165, 1.54) is 0 Å². The molecule has 0 saturated carbocycles. The van der Waals surface area contributed by atoms with Crippen LogP contribution < -0.4 is 25.3 Å². The molecular weight excluding hydrogens is 475 g/mol. The molecule has 9 heteroatoms. The zero-order valence-corrected chi connectivity index (χ0v) is 18.2. The van der Waals surface area contributed by atoms with Gasteiger partial charge in [-0.25, -0.2) is 9.98 Å². The van der Waals surface area contributed by atoms with Gasteiger partial charge in [-0.15, -0.1) is 24.0 Å². The summed E-state index contributed by atoms with van der Waals surface area (Å²) in [5, 5.41) is 3.04. The highest BCUT2D eigenvalue weighted by molar-refractivity contribution is 14.0. The van der Waals surface area contributed by atoms with Gasteiger partial charge >= 0.3 is 0 Å². The average molecular weight is 500 g/mol. The molecule has 8 nitrogen and oxygen atoms in total. The molecule has 0 amide bonds. The van der Waals surface area contributed by atoms with Crippen LogP contribution in [-0.2, 0) is 11.3 Å². The second-order valence-electron chi connectivity index (χ2n) is 6.00. The number of guanidine groups is 1. The summed E-state index contributed by atoms with van der Waals surface area (Å²) in [4.78, 5) is 8.60. The first kappa shape index (κ1) is 22.0. The quantitative estimate of drug-likeness (QED) is 0.343. The maximum atomic E-state index is 5.99. The molecule has 0 spiro atoms. The second kappa shape index (κ2) is 10.9. The molecule has 0 bridgehead atoms. The number of benzene rings is 1. The Bertz CT molecular complexity index is 797. The highest BCUT2D eigenvalue weighted by atomic mass is 127. The first-order chi connectivity index (χ1) is 13.2. The normalized spacial score (nSPS) is 16.2. The number of rotatable bonds is 7. The van der Waals surface area contributed by atoms with Gasteiger partial charge in [-0.1, -0.05) is 0 Å². The minimum atomic E-state index is 0. The number of nitrogens with zero attached hydrogens (tertiary/aromatic N) is 2. The first-order valence-electron chi connectivity index (χ1n) is 8.66. The van der Waals surface area contributed by atoms with Crippen molar-refractivity contribution in [3.8, 4) is 17.4 Å². The predicted octanol–water partition coefficient (Wildman–Crippen LogP) is 2.81. The summed E-state index contributed by atoms with van der Waals surface area (Å²) in [5.74, 6) is 2.13. The number of aromatic nitrogens is 1. The molecule has 2 aromatic rings. The fourth-order valence-electron chi connectivity index (χ4n) is 2.67. The van der Waals surface area contributed by atoms with Gasteiger partial charge in [-0.05, 0) is 23.8 Å². The fourth-order valence-corrected chi connectivity index (χ4v) is 2.67. The number of halogens is 1. The van der Waals surface area contributed by atoms with Crippen molar-refractivity contribution in [2.75, 3.05) is 32.8 Å². The van der Waals surface area contributed by atoms with Crippen LogP contribution in [0.25, 0.3) is 0 Å². The molecule has 1 aliphatic rings. The summed E-state index contributed by atoms with van der Waals surface area (Å²) in [6.45, 7) is 1.74. The van der Waals surface area contributed by atoms with Gasteiger partial charge in [0, 0.05) is 30.4 Å². The number of hydrogen-bond donors (Lipinski definition) is 2. The second-order valence-corrected chi connectivity index (χ2v) is 6.00. The van der Waals surface area contributed by atoms with Crippen molar-refractivity contribution in [3.05, 3.63) is 42.1 Å². The number of nitrogens with two attached hydrogens (primary N) is 1. The molecule has 1 aromatic carbocycles. The van der Waals surface area contributed by atoms with E-state index in [9.17, 15) is 0 Å². The van der Waals surface area contributed by atoms with Crippen LogP contribution >= 0.6 is 24.0 Å². The van der Waals surface area contributed by atoms with Crippen LogP contribution in [0.1, 0.15) is 12.0 Å². The van der Waals surface area contributed by atoms with Crippen molar-refractivity contribution < 1.29 is 18.9 Å². The number of pyridine rings is 1. The van der Waals surface area contributed by atoms with E-state index in [-0.39, 0.29) is 30.1 Å². The number of methoxy groups -OCH3 is 2. The predicted molar refractivity (Wildman–Crippen MR) is 118 cm³/mol.